The zero-order valence-corrected chi connectivity index (χ0v) is 10.8. The van der Waals surface area contributed by atoms with Crippen LogP contribution in [0.3, 0.4) is 0 Å². The van der Waals surface area contributed by atoms with Gasteiger partial charge in [0.05, 0.1) is 13.1 Å². The van der Waals surface area contributed by atoms with E-state index in [4.69, 9.17) is 11.6 Å². The molecule has 0 atom stereocenters. The normalized spacial score (nSPS) is 14.9. The molecule has 5 heteroatoms. The van der Waals surface area contributed by atoms with Crippen LogP contribution in [-0.2, 0) is 13.1 Å². The Bertz CT molecular complexity index is 533. The van der Waals surface area contributed by atoms with Gasteiger partial charge in [-0.3, -0.25) is 0 Å². The second kappa shape index (κ2) is 5.08. The summed E-state index contributed by atoms with van der Waals surface area (Å²) in [6, 6.07) is 8.49. The van der Waals surface area contributed by atoms with Gasteiger partial charge in [0, 0.05) is 11.1 Å². The van der Waals surface area contributed by atoms with Crippen LogP contribution in [0, 0.1) is 0 Å². The summed E-state index contributed by atoms with van der Waals surface area (Å²) >= 11 is 6.12. The van der Waals surface area contributed by atoms with E-state index in [1.165, 1.54) is 12.8 Å². The van der Waals surface area contributed by atoms with E-state index >= 15 is 0 Å². The first kappa shape index (κ1) is 11.7. The van der Waals surface area contributed by atoms with Gasteiger partial charge in [0.2, 0.25) is 0 Å². The molecule has 2 aromatic rings. The van der Waals surface area contributed by atoms with Gasteiger partial charge in [-0.25, -0.2) is 9.67 Å². The molecule has 1 heterocycles. The van der Waals surface area contributed by atoms with Gasteiger partial charge in [0.25, 0.3) is 0 Å². The number of hydrogen-bond donors (Lipinski definition) is 1. The average molecular weight is 263 g/mol. The highest BCUT2D eigenvalue weighted by molar-refractivity contribution is 6.31. The minimum absolute atomic E-state index is 0.663. The van der Waals surface area contributed by atoms with Crippen molar-refractivity contribution in [3.05, 3.63) is 47.0 Å². The van der Waals surface area contributed by atoms with E-state index in [-0.39, 0.29) is 0 Å². The zero-order valence-electron chi connectivity index (χ0n) is 10.0. The molecule has 1 aliphatic carbocycles. The van der Waals surface area contributed by atoms with Crippen molar-refractivity contribution in [3.63, 3.8) is 0 Å². The Morgan fingerprint density at radius 2 is 2.17 bits per heavy atom. The first-order chi connectivity index (χ1) is 8.81. The van der Waals surface area contributed by atoms with Gasteiger partial charge >= 0.3 is 0 Å². The molecule has 3 rings (SSSR count). The SMILES string of the molecule is Clc1ccccc1Cn1cnc(CNC2CC2)n1. The quantitative estimate of drug-likeness (QED) is 0.899. The molecule has 1 aliphatic rings. The molecule has 0 unspecified atom stereocenters. The third kappa shape index (κ3) is 2.89. The van der Waals surface area contributed by atoms with Crippen molar-refractivity contribution in [1.29, 1.82) is 0 Å². The van der Waals surface area contributed by atoms with Gasteiger partial charge < -0.3 is 5.32 Å². The molecule has 0 spiro atoms. The summed E-state index contributed by atoms with van der Waals surface area (Å²) in [6.07, 6.45) is 4.31. The van der Waals surface area contributed by atoms with Gasteiger partial charge in [-0.15, -0.1) is 0 Å². The van der Waals surface area contributed by atoms with Gasteiger partial charge in [0.1, 0.15) is 6.33 Å². The van der Waals surface area contributed by atoms with Gasteiger partial charge in [-0.05, 0) is 24.5 Å². The summed E-state index contributed by atoms with van der Waals surface area (Å²) in [5.41, 5.74) is 1.06. The summed E-state index contributed by atoms with van der Waals surface area (Å²) < 4.78 is 1.82. The van der Waals surface area contributed by atoms with Crippen molar-refractivity contribution in [1.82, 2.24) is 20.1 Å². The number of nitrogens with one attached hydrogen (secondary N) is 1. The molecule has 1 saturated carbocycles. The molecule has 18 heavy (non-hydrogen) atoms. The fourth-order valence-electron chi connectivity index (χ4n) is 1.81. The lowest BCUT2D eigenvalue weighted by Crippen LogP contribution is -2.16. The highest BCUT2D eigenvalue weighted by Gasteiger charge is 2.20. The Labute approximate surface area is 111 Å². The number of benzene rings is 1. The largest absolute Gasteiger partial charge is 0.307 e. The van der Waals surface area contributed by atoms with Crippen molar-refractivity contribution >= 4 is 11.6 Å². The van der Waals surface area contributed by atoms with Crippen LogP contribution in [0.15, 0.2) is 30.6 Å². The molecule has 1 aromatic heterocycles. The number of rotatable bonds is 5. The van der Waals surface area contributed by atoms with E-state index in [1.54, 1.807) is 6.33 Å². The third-order valence-electron chi connectivity index (χ3n) is 3.00. The van der Waals surface area contributed by atoms with E-state index in [2.05, 4.69) is 15.4 Å². The highest BCUT2D eigenvalue weighted by atomic mass is 35.5. The molecule has 94 valence electrons. The third-order valence-corrected chi connectivity index (χ3v) is 3.37. The molecule has 1 fully saturated rings. The van der Waals surface area contributed by atoms with E-state index in [0.717, 1.165) is 23.0 Å². The summed E-state index contributed by atoms with van der Waals surface area (Å²) in [5.74, 6) is 0.842. The zero-order chi connectivity index (χ0) is 12.4. The van der Waals surface area contributed by atoms with Crippen molar-refractivity contribution in [3.8, 4) is 0 Å². The Morgan fingerprint density at radius 3 is 2.94 bits per heavy atom. The Balaban J connectivity index is 1.63. The molecule has 0 radical (unpaired) electrons. The number of halogens is 1. The molecule has 1 N–H and O–H groups in total. The minimum Gasteiger partial charge on any atom is -0.307 e. The van der Waals surface area contributed by atoms with Crippen LogP contribution in [0.5, 0.6) is 0 Å². The molecule has 0 bridgehead atoms. The van der Waals surface area contributed by atoms with Crippen LogP contribution in [0.25, 0.3) is 0 Å². The Hall–Kier alpha value is -1.39. The topological polar surface area (TPSA) is 42.7 Å². The van der Waals surface area contributed by atoms with Gasteiger partial charge in [-0.2, -0.15) is 5.10 Å². The second-order valence-corrected chi connectivity index (χ2v) is 5.01. The van der Waals surface area contributed by atoms with Crippen LogP contribution in [-0.4, -0.2) is 20.8 Å². The monoisotopic (exact) mass is 262 g/mol. The van der Waals surface area contributed by atoms with Crippen molar-refractivity contribution in [2.24, 2.45) is 0 Å². The molecule has 4 nitrogen and oxygen atoms in total. The molecular weight excluding hydrogens is 248 g/mol. The molecule has 1 aromatic carbocycles. The smallest absolute Gasteiger partial charge is 0.164 e. The van der Waals surface area contributed by atoms with Crippen LogP contribution in [0.1, 0.15) is 24.2 Å². The molecule has 0 saturated heterocycles. The van der Waals surface area contributed by atoms with Crippen LogP contribution in [0.2, 0.25) is 5.02 Å². The average Bonchev–Trinajstić information content (AvgIpc) is 3.10. The van der Waals surface area contributed by atoms with Crippen molar-refractivity contribution in [2.75, 3.05) is 0 Å². The van der Waals surface area contributed by atoms with Crippen LogP contribution >= 0.6 is 11.6 Å². The van der Waals surface area contributed by atoms with Crippen molar-refractivity contribution < 1.29 is 0 Å². The van der Waals surface area contributed by atoms with Gasteiger partial charge in [0.15, 0.2) is 5.82 Å². The lowest BCUT2D eigenvalue weighted by atomic mass is 10.2. The second-order valence-electron chi connectivity index (χ2n) is 4.60. The van der Waals surface area contributed by atoms with E-state index in [0.29, 0.717) is 12.6 Å². The van der Waals surface area contributed by atoms with Gasteiger partial charge in [-0.1, -0.05) is 29.8 Å². The van der Waals surface area contributed by atoms with Crippen LogP contribution in [0.4, 0.5) is 0 Å². The summed E-state index contributed by atoms with van der Waals surface area (Å²) in [7, 11) is 0. The molecule has 0 aliphatic heterocycles. The number of hydrogen-bond acceptors (Lipinski definition) is 3. The maximum Gasteiger partial charge on any atom is 0.164 e. The minimum atomic E-state index is 0.663. The Morgan fingerprint density at radius 1 is 1.33 bits per heavy atom. The predicted molar refractivity (Wildman–Crippen MR) is 70.4 cm³/mol. The highest BCUT2D eigenvalue weighted by Crippen LogP contribution is 2.19. The lowest BCUT2D eigenvalue weighted by molar-refractivity contribution is 0.628. The standard InChI is InChI=1S/C13H15ClN4/c14-12-4-2-1-3-10(12)8-18-9-16-13(17-18)7-15-11-5-6-11/h1-4,9,11,15H,5-8H2. The summed E-state index contributed by atoms with van der Waals surface area (Å²) in [5, 5.41) is 8.60. The number of nitrogens with zero attached hydrogens (tertiary/aromatic N) is 3. The predicted octanol–water partition coefficient (Wildman–Crippen LogP) is 2.23. The Kier molecular flexibility index (Phi) is 3.30. The first-order valence-electron chi connectivity index (χ1n) is 6.16. The molecular formula is C13H15ClN4. The van der Waals surface area contributed by atoms with E-state index in [9.17, 15) is 0 Å². The maximum atomic E-state index is 6.12. The maximum absolute atomic E-state index is 6.12. The molecule has 0 amide bonds. The van der Waals surface area contributed by atoms with E-state index in [1.807, 2.05) is 28.9 Å². The summed E-state index contributed by atoms with van der Waals surface area (Å²) in [6.45, 7) is 1.41. The lowest BCUT2D eigenvalue weighted by Gasteiger charge is -2.03. The first-order valence-corrected chi connectivity index (χ1v) is 6.54. The fourth-order valence-corrected chi connectivity index (χ4v) is 2.01. The summed E-state index contributed by atoms with van der Waals surface area (Å²) in [4.78, 5) is 4.29. The fraction of sp³-hybridized carbons (Fsp3) is 0.385. The van der Waals surface area contributed by atoms with Crippen molar-refractivity contribution in [2.45, 2.75) is 32.0 Å². The van der Waals surface area contributed by atoms with Crippen LogP contribution < -0.4 is 5.32 Å². The number of aromatic nitrogens is 3. The van der Waals surface area contributed by atoms with E-state index < -0.39 is 0 Å².